The van der Waals surface area contributed by atoms with E-state index >= 15 is 0 Å². The Hall–Kier alpha value is -7.05. The highest BCUT2D eigenvalue weighted by Crippen LogP contribution is 2.39. The van der Waals surface area contributed by atoms with Crippen LogP contribution in [-0.4, -0.2) is 15.0 Å². The highest BCUT2D eigenvalue weighted by atomic mass is 16.3. The second-order valence-electron chi connectivity index (χ2n) is 12.8. The van der Waals surface area contributed by atoms with E-state index in [9.17, 15) is 0 Å². The zero-order chi connectivity index (χ0) is 33.5. The summed E-state index contributed by atoms with van der Waals surface area (Å²) in [7, 11) is 0. The predicted octanol–water partition coefficient (Wildman–Crippen LogP) is 12.2. The number of benzene rings is 7. The lowest BCUT2D eigenvalue weighted by Crippen LogP contribution is -2.00. The van der Waals surface area contributed by atoms with Crippen molar-refractivity contribution >= 4 is 65.8 Å². The second-order valence-corrected chi connectivity index (χ2v) is 12.8. The van der Waals surface area contributed by atoms with Crippen molar-refractivity contribution in [2.75, 3.05) is 0 Å². The molecule has 11 aromatic rings. The van der Waals surface area contributed by atoms with E-state index < -0.39 is 0 Å². The molecule has 6 nitrogen and oxygen atoms in total. The molecule has 0 saturated carbocycles. The molecular formula is C45H25N3O3. The lowest BCUT2D eigenvalue weighted by molar-refractivity contribution is 0.668. The molecule has 0 atom stereocenters. The lowest BCUT2D eigenvalue weighted by Gasteiger charge is -2.09. The van der Waals surface area contributed by atoms with Crippen molar-refractivity contribution in [2.45, 2.75) is 0 Å². The first kappa shape index (κ1) is 27.9. The number of rotatable bonds is 4. The molecule has 238 valence electrons. The number of furan rings is 3. The van der Waals surface area contributed by atoms with Crippen LogP contribution >= 0.6 is 0 Å². The molecular weight excluding hydrogens is 631 g/mol. The third-order valence-electron chi connectivity index (χ3n) is 9.75. The van der Waals surface area contributed by atoms with E-state index in [0.29, 0.717) is 17.5 Å². The maximum Gasteiger partial charge on any atom is 0.167 e. The zero-order valence-corrected chi connectivity index (χ0v) is 27.0. The Morgan fingerprint density at radius 2 is 0.765 bits per heavy atom. The molecule has 0 fully saturated rings. The van der Waals surface area contributed by atoms with Crippen molar-refractivity contribution in [2.24, 2.45) is 0 Å². The van der Waals surface area contributed by atoms with E-state index in [1.54, 1.807) is 0 Å². The van der Waals surface area contributed by atoms with Crippen molar-refractivity contribution in [1.29, 1.82) is 0 Å². The van der Waals surface area contributed by atoms with Crippen LogP contribution in [0.25, 0.3) is 111 Å². The maximum atomic E-state index is 6.39. The highest BCUT2D eigenvalue weighted by molar-refractivity contribution is 6.10. The number of hydrogen-bond donors (Lipinski definition) is 0. The summed E-state index contributed by atoms with van der Waals surface area (Å²) in [5, 5.41) is 6.29. The molecule has 0 bridgehead atoms. The standard InChI is InChI=1S/C45H25N3O3/c1-2-9-26(10-3-1)43-46-44(48-45(47-43)33-14-8-13-32-30-11-4-7-16-38(30)51-42(32)33)29-19-22-41-36(25-29)35-24-28(18-21-40(35)50-41)27-17-20-39-34(23-27)31-12-5-6-15-37(31)49-39/h1-25H. The van der Waals surface area contributed by atoms with Crippen LogP contribution in [0, 0.1) is 0 Å². The molecule has 0 radical (unpaired) electrons. The summed E-state index contributed by atoms with van der Waals surface area (Å²) < 4.78 is 18.8. The van der Waals surface area contributed by atoms with Crippen molar-refractivity contribution in [3.05, 3.63) is 152 Å². The van der Waals surface area contributed by atoms with Gasteiger partial charge in [-0.1, -0.05) is 91.0 Å². The molecule has 0 amide bonds. The predicted molar refractivity (Wildman–Crippen MR) is 203 cm³/mol. The maximum absolute atomic E-state index is 6.39. The average molecular weight is 656 g/mol. The van der Waals surface area contributed by atoms with Gasteiger partial charge < -0.3 is 13.3 Å². The van der Waals surface area contributed by atoms with Crippen LogP contribution in [-0.2, 0) is 0 Å². The zero-order valence-electron chi connectivity index (χ0n) is 27.0. The van der Waals surface area contributed by atoms with Gasteiger partial charge >= 0.3 is 0 Å². The van der Waals surface area contributed by atoms with E-state index in [1.165, 1.54) is 0 Å². The van der Waals surface area contributed by atoms with Gasteiger partial charge in [0.25, 0.3) is 0 Å². The SMILES string of the molecule is c1ccc(-c2nc(-c3ccc4oc5ccc(-c6ccc7oc8ccccc8c7c6)cc5c4c3)nc(-c3cccc4c3oc3ccccc34)n2)cc1. The molecule has 0 N–H and O–H groups in total. The van der Waals surface area contributed by atoms with Gasteiger partial charge in [0, 0.05) is 43.4 Å². The Morgan fingerprint density at radius 3 is 1.45 bits per heavy atom. The quantitative estimate of drug-likeness (QED) is 0.188. The summed E-state index contributed by atoms with van der Waals surface area (Å²) in [6, 6.07) is 51.2. The minimum Gasteiger partial charge on any atom is -0.456 e. The summed E-state index contributed by atoms with van der Waals surface area (Å²) in [6.07, 6.45) is 0. The van der Waals surface area contributed by atoms with Gasteiger partial charge in [-0.15, -0.1) is 0 Å². The highest BCUT2D eigenvalue weighted by Gasteiger charge is 2.19. The smallest absolute Gasteiger partial charge is 0.167 e. The first-order valence-corrected chi connectivity index (χ1v) is 16.8. The normalized spacial score (nSPS) is 11.9. The topological polar surface area (TPSA) is 78.1 Å². The summed E-state index contributed by atoms with van der Waals surface area (Å²) >= 11 is 0. The monoisotopic (exact) mass is 655 g/mol. The van der Waals surface area contributed by atoms with Gasteiger partial charge in [-0.2, -0.15) is 0 Å². The number of nitrogens with zero attached hydrogens (tertiary/aromatic N) is 3. The van der Waals surface area contributed by atoms with Crippen molar-refractivity contribution in [3.63, 3.8) is 0 Å². The van der Waals surface area contributed by atoms with E-state index in [1.807, 2.05) is 97.1 Å². The number of aromatic nitrogens is 3. The molecule has 6 heteroatoms. The summed E-state index contributed by atoms with van der Waals surface area (Å²) in [6.45, 7) is 0. The van der Waals surface area contributed by atoms with Crippen molar-refractivity contribution < 1.29 is 13.3 Å². The van der Waals surface area contributed by atoms with Gasteiger partial charge in [0.05, 0.1) is 5.56 Å². The van der Waals surface area contributed by atoms with Crippen LogP contribution in [0.1, 0.15) is 0 Å². The molecule has 0 aliphatic heterocycles. The minimum atomic E-state index is 0.546. The average Bonchev–Trinajstić information content (AvgIpc) is 3.88. The number of para-hydroxylation sites is 3. The third-order valence-corrected chi connectivity index (χ3v) is 9.75. The van der Waals surface area contributed by atoms with Crippen LogP contribution < -0.4 is 0 Å². The summed E-state index contributed by atoms with van der Waals surface area (Å²) in [5.41, 5.74) is 9.73. The summed E-state index contributed by atoms with van der Waals surface area (Å²) in [4.78, 5) is 15.1. The van der Waals surface area contributed by atoms with E-state index in [-0.39, 0.29) is 0 Å². The van der Waals surface area contributed by atoms with Crippen LogP contribution in [0.4, 0.5) is 0 Å². The van der Waals surface area contributed by atoms with Crippen LogP contribution in [0.5, 0.6) is 0 Å². The number of hydrogen-bond acceptors (Lipinski definition) is 6. The van der Waals surface area contributed by atoms with Crippen LogP contribution in [0.15, 0.2) is 165 Å². The third kappa shape index (κ3) is 4.40. The molecule has 7 aromatic carbocycles. The molecule has 0 saturated heterocycles. The van der Waals surface area contributed by atoms with Gasteiger partial charge in [0.1, 0.15) is 33.5 Å². The molecule has 4 aromatic heterocycles. The lowest BCUT2D eigenvalue weighted by atomic mass is 10.00. The fraction of sp³-hybridized carbons (Fsp3) is 0. The summed E-state index contributed by atoms with van der Waals surface area (Å²) in [5.74, 6) is 1.70. The molecule has 0 spiro atoms. The Balaban J connectivity index is 1.08. The van der Waals surface area contributed by atoms with Crippen molar-refractivity contribution in [1.82, 2.24) is 15.0 Å². The Morgan fingerprint density at radius 1 is 0.294 bits per heavy atom. The first-order chi connectivity index (χ1) is 25.2. The molecule has 0 aliphatic carbocycles. The molecule has 0 aliphatic rings. The first-order valence-electron chi connectivity index (χ1n) is 16.8. The second kappa shape index (κ2) is 10.7. The van der Waals surface area contributed by atoms with Gasteiger partial charge in [-0.3, -0.25) is 0 Å². The fourth-order valence-corrected chi connectivity index (χ4v) is 7.27. The van der Waals surface area contributed by atoms with Gasteiger partial charge in [-0.25, -0.2) is 15.0 Å². The van der Waals surface area contributed by atoms with Gasteiger partial charge in [-0.05, 0) is 71.8 Å². The largest absolute Gasteiger partial charge is 0.456 e. The van der Waals surface area contributed by atoms with Crippen LogP contribution in [0.2, 0.25) is 0 Å². The number of fused-ring (bicyclic) bond motifs is 9. The Labute approximate surface area is 290 Å². The van der Waals surface area contributed by atoms with Gasteiger partial charge in [0.2, 0.25) is 0 Å². The van der Waals surface area contributed by atoms with E-state index in [2.05, 4.69) is 54.6 Å². The minimum absolute atomic E-state index is 0.546. The fourth-order valence-electron chi connectivity index (χ4n) is 7.27. The van der Waals surface area contributed by atoms with Crippen LogP contribution in [0.3, 0.4) is 0 Å². The molecule has 51 heavy (non-hydrogen) atoms. The van der Waals surface area contributed by atoms with E-state index in [0.717, 1.165) is 93.6 Å². The van der Waals surface area contributed by atoms with E-state index in [4.69, 9.17) is 28.2 Å². The van der Waals surface area contributed by atoms with Gasteiger partial charge in [0.15, 0.2) is 17.5 Å². The Kier molecular flexibility index (Phi) is 5.86. The van der Waals surface area contributed by atoms with Crippen molar-refractivity contribution in [3.8, 4) is 45.3 Å². The molecule has 4 heterocycles. The molecule has 0 unspecified atom stereocenters. The Bertz CT molecular complexity index is 3150. The molecule has 11 rings (SSSR count).